The molecule has 0 saturated carbocycles. The summed E-state index contributed by atoms with van der Waals surface area (Å²) in [6.07, 6.45) is 0. The molecule has 0 fully saturated rings. The molecule has 0 aliphatic heterocycles. The Labute approximate surface area is 96.5 Å². The van der Waals surface area contributed by atoms with Gasteiger partial charge in [0.25, 0.3) is 0 Å². The minimum absolute atomic E-state index is 0.474. The Balaban J connectivity index is 2.30. The van der Waals surface area contributed by atoms with Crippen LogP contribution < -0.4 is 4.80 Å². The number of aryl methyl sites for hydroxylation is 1. The summed E-state index contributed by atoms with van der Waals surface area (Å²) in [7, 11) is 1.79. The van der Waals surface area contributed by atoms with Crippen molar-refractivity contribution in [2.45, 2.75) is 6.54 Å². The first-order chi connectivity index (χ1) is 7.81. The molecule has 0 aliphatic carbocycles. The summed E-state index contributed by atoms with van der Waals surface area (Å²) < 4.78 is 5.38. The van der Waals surface area contributed by atoms with Crippen molar-refractivity contribution >= 4 is 11.5 Å². The average Bonchev–Trinajstić information content (AvgIpc) is 2.72. The van der Waals surface area contributed by atoms with Gasteiger partial charge in [-0.25, -0.2) is 4.68 Å². The number of hydrogen-bond donors (Lipinski definition) is 0. The highest BCUT2D eigenvalue weighted by molar-refractivity contribution is 7.02. The molecule has 0 amide bonds. The zero-order valence-electron chi connectivity index (χ0n) is 8.66. The largest absolute Gasteiger partial charge is 0.251 e. The third kappa shape index (κ3) is 2.15. The molecule has 0 radical (unpaired) electrons. The number of nitrogens with zero attached hydrogens (tertiary/aromatic N) is 5. The lowest BCUT2D eigenvalue weighted by Crippen LogP contribution is -2.12. The summed E-state index contributed by atoms with van der Waals surface area (Å²) in [5.41, 5.74) is 1.57. The van der Waals surface area contributed by atoms with Crippen LogP contribution in [0.2, 0.25) is 0 Å². The van der Waals surface area contributed by atoms with Crippen molar-refractivity contribution < 1.29 is 0 Å². The van der Waals surface area contributed by atoms with Crippen molar-refractivity contribution in [1.82, 2.24) is 14.4 Å². The van der Waals surface area contributed by atoms with Gasteiger partial charge in [-0.15, -0.1) is 0 Å². The molecule has 2 rings (SSSR count). The van der Waals surface area contributed by atoms with Gasteiger partial charge in [-0.2, -0.15) is 5.26 Å². The van der Waals surface area contributed by atoms with Gasteiger partial charge in [0.1, 0.15) is 0 Å². The van der Waals surface area contributed by atoms with E-state index in [2.05, 4.69) is 20.8 Å². The van der Waals surface area contributed by atoms with Crippen LogP contribution in [0.3, 0.4) is 0 Å². The third-order valence-corrected chi connectivity index (χ3v) is 2.80. The summed E-state index contributed by atoms with van der Waals surface area (Å²) >= 11 is 1.23. The topological polar surface area (TPSA) is 66.9 Å². The second kappa shape index (κ2) is 4.68. The molecule has 0 bridgehead atoms. The zero-order valence-corrected chi connectivity index (χ0v) is 9.48. The van der Waals surface area contributed by atoms with Crippen molar-refractivity contribution in [2.24, 2.45) is 12.0 Å². The monoisotopic (exact) mass is 231 g/mol. The maximum atomic E-state index is 8.91. The van der Waals surface area contributed by atoms with Gasteiger partial charge < -0.3 is 0 Å². The summed E-state index contributed by atoms with van der Waals surface area (Å²) in [6.45, 7) is 0.474. The highest BCUT2D eigenvalue weighted by Gasteiger charge is 1.99. The van der Waals surface area contributed by atoms with Gasteiger partial charge in [0, 0.05) is 18.6 Å². The van der Waals surface area contributed by atoms with E-state index in [0.29, 0.717) is 12.1 Å². The Morgan fingerprint density at radius 3 is 3.00 bits per heavy atom. The van der Waals surface area contributed by atoms with Crippen LogP contribution in [0.15, 0.2) is 29.3 Å². The van der Waals surface area contributed by atoms with E-state index in [1.807, 2.05) is 18.2 Å². The van der Waals surface area contributed by atoms with Crippen LogP contribution in [0.4, 0.5) is 0 Å². The van der Waals surface area contributed by atoms with Crippen LogP contribution in [0, 0.1) is 11.3 Å². The molecular weight excluding hydrogens is 222 g/mol. The standard InChI is InChI=1S/C10H9N5S/c1-15-10(16-14-13-15)12-7-9-5-3-2-4-8(9)6-11/h2-5H,7H2,1H3. The Hall–Kier alpha value is -2.00. The minimum atomic E-state index is 0.474. The van der Waals surface area contributed by atoms with Gasteiger partial charge in [-0.1, -0.05) is 27.9 Å². The first kappa shape index (κ1) is 10.5. The number of nitriles is 1. The SMILES string of the molecule is Cn1nnsc1=NCc1ccccc1C#N. The van der Waals surface area contributed by atoms with Crippen LogP contribution in [0.5, 0.6) is 0 Å². The van der Waals surface area contributed by atoms with Crippen LogP contribution in [-0.4, -0.2) is 14.4 Å². The fourth-order valence-corrected chi connectivity index (χ4v) is 1.75. The predicted molar refractivity (Wildman–Crippen MR) is 59.3 cm³/mol. The van der Waals surface area contributed by atoms with Crippen molar-refractivity contribution in [1.29, 1.82) is 5.26 Å². The van der Waals surface area contributed by atoms with Gasteiger partial charge >= 0.3 is 0 Å². The molecule has 80 valence electrons. The number of aromatic nitrogens is 3. The first-order valence-electron chi connectivity index (χ1n) is 4.65. The maximum absolute atomic E-state index is 8.91. The molecule has 0 spiro atoms. The molecule has 5 nitrogen and oxygen atoms in total. The van der Waals surface area contributed by atoms with E-state index in [0.717, 1.165) is 10.4 Å². The van der Waals surface area contributed by atoms with Gasteiger partial charge in [-0.05, 0) is 11.6 Å². The molecule has 2 aromatic rings. The van der Waals surface area contributed by atoms with E-state index in [9.17, 15) is 0 Å². The van der Waals surface area contributed by atoms with Gasteiger partial charge in [0.2, 0.25) is 4.80 Å². The summed E-state index contributed by atoms with van der Waals surface area (Å²) in [5.74, 6) is 0. The Kier molecular flexibility index (Phi) is 3.08. The molecule has 0 unspecified atom stereocenters. The molecular formula is C10H9N5S. The molecule has 0 atom stereocenters. The molecule has 1 heterocycles. The quantitative estimate of drug-likeness (QED) is 0.769. The van der Waals surface area contributed by atoms with E-state index in [4.69, 9.17) is 5.26 Å². The minimum Gasteiger partial charge on any atom is -0.251 e. The third-order valence-electron chi connectivity index (χ3n) is 2.09. The summed E-state index contributed by atoms with van der Waals surface area (Å²) in [4.78, 5) is 5.09. The van der Waals surface area contributed by atoms with E-state index >= 15 is 0 Å². The second-order valence-electron chi connectivity index (χ2n) is 3.15. The number of rotatable bonds is 2. The lowest BCUT2D eigenvalue weighted by molar-refractivity contribution is 0.677. The van der Waals surface area contributed by atoms with Crippen molar-refractivity contribution in [2.75, 3.05) is 0 Å². The molecule has 0 aliphatic rings. The fourth-order valence-electron chi connectivity index (χ4n) is 1.26. The average molecular weight is 231 g/mol. The van der Waals surface area contributed by atoms with Gasteiger partial charge in [-0.3, -0.25) is 4.99 Å². The molecule has 16 heavy (non-hydrogen) atoms. The van der Waals surface area contributed by atoms with E-state index in [-0.39, 0.29) is 0 Å². The molecule has 6 heteroatoms. The smallest absolute Gasteiger partial charge is 0.222 e. The normalized spacial score (nSPS) is 11.4. The molecule has 0 saturated heterocycles. The number of hydrogen-bond acceptors (Lipinski definition) is 5. The van der Waals surface area contributed by atoms with E-state index in [1.165, 1.54) is 11.5 Å². The lowest BCUT2D eigenvalue weighted by Gasteiger charge is -1.97. The van der Waals surface area contributed by atoms with Crippen LogP contribution in [0.1, 0.15) is 11.1 Å². The zero-order chi connectivity index (χ0) is 11.4. The summed E-state index contributed by atoms with van der Waals surface area (Å²) in [5, 5.41) is 12.7. The second-order valence-corrected chi connectivity index (χ2v) is 3.86. The van der Waals surface area contributed by atoms with Crippen molar-refractivity contribution in [3.63, 3.8) is 0 Å². The molecule has 1 aromatic heterocycles. The first-order valence-corrected chi connectivity index (χ1v) is 5.43. The number of benzene rings is 1. The lowest BCUT2D eigenvalue weighted by atomic mass is 10.1. The van der Waals surface area contributed by atoms with Gasteiger partial charge in [0.05, 0.1) is 18.2 Å². The highest BCUT2D eigenvalue weighted by atomic mass is 32.1. The molecule has 1 aromatic carbocycles. The molecule has 0 N–H and O–H groups in total. The van der Waals surface area contributed by atoms with Crippen LogP contribution in [0.25, 0.3) is 0 Å². The Bertz CT molecular complexity index is 589. The predicted octanol–water partition coefficient (Wildman–Crippen LogP) is 0.849. The summed E-state index contributed by atoms with van der Waals surface area (Å²) in [6, 6.07) is 9.58. The van der Waals surface area contributed by atoms with Crippen LogP contribution in [-0.2, 0) is 13.6 Å². The van der Waals surface area contributed by atoms with E-state index < -0.39 is 0 Å². The van der Waals surface area contributed by atoms with Gasteiger partial charge in [0.15, 0.2) is 0 Å². The van der Waals surface area contributed by atoms with Crippen molar-refractivity contribution in [3.8, 4) is 6.07 Å². The highest BCUT2D eigenvalue weighted by Crippen LogP contribution is 2.07. The Morgan fingerprint density at radius 2 is 2.31 bits per heavy atom. The van der Waals surface area contributed by atoms with Crippen molar-refractivity contribution in [3.05, 3.63) is 40.2 Å². The fraction of sp³-hybridized carbons (Fsp3) is 0.200. The Morgan fingerprint density at radius 1 is 1.50 bits per heavy atom. The van der Waals surface area contributed by atoms with Crippen LogP contribution >= 0.6 is 11.5 Å². The maximum Gasteiger partial charge on any atom is 0.222 e. The van der Waals surface area contributed by atoms with E-state index in [1.54, 1.807) is 17.8 Å².